The number of carbonyl (C=O) groups is 2. The first kappa shape index (κ1) is 12.5. The van der Waals surface area contributed by atoms with Crippen LogP contribution in [-0.2, 0) is 4.79 Å². The van der Waals surface area contributed by atoms with Gasteiger partial charge in [0.25, 0.3) is 5.91 Å². The average Bonchev–Trinajstić information content (AvgIpc) is 2.27. The number of benzene rings is 1. The predicted molar refractivity (Wildman–Crippen MR) is 61.4 cm³/mol. The Morgan fingerprint density at radius 3 is 2.47 bits per heavy atom. The highest BCUT2D eigenvalue weighted by atomic mass is 16.5. The first-order chi connectivity index (χ1) is 8.08. The fourth-order valence-electron chi connectivity index (χ4n) is 0.975. The molecule has 0 saturated heterocycles. The third-order valence-electron chi connectivity index (χ3n) is 1.65. The summed E-state index contributed by atoms with van der Waals surface area (Å²) in [5.74, 6) is -0.0230. The Hall–Kier alpha value is -2.57. The van der Waals surface area contributed by atoms with Gasteiger partial charge in [0.2, 0.25) is 0 Å². The predicted octanol–water partition coefficient (Wildman–Crippen LogP) is -0.447. The van der Waals surface area contributed by atoms with Crippen molar-refractivity contribution in [1.29, 1.82) is 0 Å². The zero-order chi connectivity index (χ0) is 12.7. The second-order valence-corrected chi connectivity index (χ2v) is 3.06. The van der Waals surface area contributed by atoms with Crippen LogP contribution >= 0.6 is 0 Å². The molecule has 1 aromatic rings. The van der Waals surface area contributed by atoms with Gasteiger partial charge >= 0.3 is 6.03 Å². The number of hydrogen-bond acceptors (Lipinski definition) is 4. The van der Waals surface area contributed by atoms with Gasteiger partial charge in [-0.05, 0) is 29.8 Å². The molecule has 0 heterocycles. The van der Waals surface area contributed by atoms with Crippen molar-refractivity contribution >= 4 is 18.2 Å². The maximum Gasteiger partial charge on any atom is 0.332 e. The molecule has 7 heteroatoms. The number of rotatable bonds is 5. The van der Waals surface area contributed by atoms with Gasteiger partial charge in [0.1, 0.15) is 5.75 Å². The molecule has 17 heavy (non-hydrogen) atoms. The van der Waals surface area contributed by atoms with Crippen LogP contribution < -0.4 is 21.6 Å². The van der Waals surface area contributed by atoms with Crippen molar-refractivity contribution in [3.63, 3.8) is 0 Å². The van der Waals surface area contributed by atoms with E-state index in [1.807, 2.05) is 0 Å². The number of nitrogens with two attached hydrogens (primary N) is 2. The van der Waals surface area contributed by atoms with Gasteiger partial charge in [-0.15, -0.1) is 0 Å². The minimum absolute atomic E-state index is 0.170. The topological polar surface area (TPSA) is 120 Å². The number of urea groups is 1. The highest BCUT2D eigenvalue weighted by molar-refractivity contribution is 5.81. The monoisotopic (exact) mass is 236 g/mol. The third kappa shape index (κ3) is 5.17. The molecule has 0 aliphatic rings. The smallest absolute Gasteiger partial charge is 0.332 e. The lowest BCUT2D eigenvalue weighted by Crippen LogP contribution is -2.24. The van der Waals surface area contributed by atoms with Crippen LogP contribution in [0, 0.1) is 0 Å². The quantitative estimate of drug-likeness (QED) is 0.474. The summed E-state index contributed by atoms with van der Waals surface area (Å²) in [4.78, 5) is 20.8. The van der Waals surface area contributed by atoms with Gasteiger partial charge in [-0.2, -0.15) is 5.10 Å². The van der Waals surface area contributed by atoms with Crippen LogP contribution in [0.25, 0.3) is 0 Å². The van der Waals surface area contributed by atoms with Crippen molar-refractivity contribution in [2.24, 2.45) is 16.6 Å². The number of hydrogen-bond donors (Lipinski definition) is 3. The van der Waals surface area contributed by atoms with E-state index in [0.717, 1.165) is 5.56 Å². The molecule has 0 radical (unpaired) electrons. The Morgan fingerprint density at radius 1 is 1.29 bits per heavy atom. The van der Waals surface area contributed by atoms with Crippen LogP contribution in [0.5, 0.6) is 5.75 Å². The number of primary amides is 2. The Kier molecular flexibility index (Phi) is 4.49. The van der Waals surface area contributed by atoms with Crippen molar-refractivity contribution in [2.45, 2.75) is 0 Å². The van der Waals surface area contributed by atoms with Gasteiger partial charge in [-0.25, -0.2) is 10.2 Å². The number of amides is 3. The number of ether oxygens (including phenoxy) is 1. The lowest BCUT2D eigenvalue weighted by atomic mass is 10.2. The van der Waals surface area contributed by atoms with Gasteiger partial charge < -0.3 is 16.2 Å². The molecule has 90 valence electrons. The van der Waals surface area contributed by atoms with Crippen molar-refractivity contribution in [3.8, 4) is 5.75 Å². The second kappa shape index (κ2) is 6.11. The number of hydrazone groups is 1. The maximum atomic E-state index is 10.5. The molecular weight excluding hydrogens is 224 g/mol. The average molecular weight is 236 g/mol. The molecular formula is C10H12N4O3. The Morgan fingerprint density at radius 2 is 1.94 bits per heavy atom. The van der Waals surface area contributed by atoms with Crippen molar-refractivity contribution in [2.75, 3.05) is 6.61 Å². The summed E-state index contributed by atoms with van der Waals surface area (Å²) in [6, 6.07) is 5.95. The molecule has 0 aromatic heterocycles. The van der Waals surface area contributed by atoms with Crippen LogP contribution in [0.2, 0.25) is 0 Å². The minimum atomic E-state index is -0.734. The van der Waals surface area contributed by atoms with Crippen LogP contribution in [-0.4, -0.2) is 24.8 Å². The van der Waals surface area contributed by atoms with Crippen LogP contribution in [0.3, 0.4) is 0 Å². The highest BCUT2D eigenvalue weighted by Crippen LogP contribution is 2.10. The van der Waals surface area contributed by atoms with E-state index in [4.69, 9.17) is 16.2 Å². The van der Waals surface area contributed by atoms with E-state index in [0.29, 0.717) is 5.75 Å². The first-order valence-corrected chi connectivity index (χ1v) is 4.67. The summed E-state index contributed by atoms with van der Waals surface area (Å²) in [6.45, 7) is -0.170. The summed E-state index contributed by atoms with van der Waals surface area (Å²) >= 11 is 0. The van der Waals surface area contributed by atoms with E-state index in [1.165, 1.54) is 6.21 Å². The number of nitrogens with zero attached hydrogens (tertiary/aromatic N) is 1. The van der Waals surface area contributed by atoms with E-state index < -0.39 is 11.9 Å². The molecule has 0 aliphatic carbocycles. The van der Waals surface area contributed by atoms with Crippen molar-refractivity contribution in [3.05, 3.63) is 29.8 Å². The van der Waals surface area contributed by atoms with Gasteiger partial charge in [0, 0.05) is 0 Å². The molecule has 7 nitrogen and oxygen atoms in total. The van der Waals surface area contributed by atoms with Crippen LogP contribution in [0.4, 0.5) is 4.79 Å². The zero-order valence-electron chi connectivity index (χ0n) is 8.92. The van der Waals surface area contributed by atoms with Gasteiger partial charge in [0.15, 0.2) is 6.61 Å². The molecule has 5 N–H and O–H groups in total. The molecule has 0 atom stereocenters. The van der Waals surface area contributed by atoms with Crippen LogP contribution in [0.1, 0.15) is 5.56 Å². The number of nitrogens with one attached hydrogen (secondary N) is 1. The van der Waals surface area contributed by atoms with E-state index >= 15 is 0 Å². The van der Waals surface area contributed by atoms with E-state index in [9.17, 15) is 9.59 Å². The molecule has 0 saturated carbocycles. The summed E-state index contributed by atoms with van der Waals surface area (Å²) in [6.07, 6.45) is 1.42. The van der Waals surface area contributed by atoms with Crippen molar-refractivity contribution < 1.29 is 14.3 Å². The lowest BCUT2D eigenvalue weighted by Gasteiger charge is -2.03. The van der Waals surface area contributed by atoms with Crippen LogP contribution in [0.15, 0.2) is 29.4 Å². The SMILES string of the molecule is NC(=O)COc1ccc(/C=N\NC(N)=O)cc1. The summed E-state index contributed by atoms with van der Waals surface area (Å²) in [5.41, 5.74) is 12.6. The molecule has 0 spiro atoms. The largest absolute Gasteiger partial charge is 0.484 e. The minimum Gasteiger partial charge on any atom is -0.484 e. The fraction of sp³-hybridized carbons (Fsp3) is 0.100. The molecule has 0 unspecified atom stereocenters. The van der Waals surface area contributed by atoms with E-state index in [-0.39, 0.29) is 6.61 Å². The molecule has 0 aliphatic heterocycles. The van der Waals surface area contributed by atoms with Crippen molar-refractivity contribution in [1.82, 2.24) is 5.43 Å². The van der Waals surface area contributed by atoms with Gasteiger partial charge in [-0.1, -0.05) is 0 Å². The maximum absolute atomic E-state index is 10.5. The van der Waals surface area contributed by atoms with E-state index in [1.54, 1.807) is 24.3 Å². The van der Waals surface area contributed by atoms with Gasteiger partial charge in [0.05, 0.1) is 6.21 Å². The summed E-state index contributed by atoms with van der Waals surface area (Å²) in [7, 11) is 0. The molecule has 0 fully saturated rings. The Labute approximate surface area is 97.4 Å². The standard InChI is InChI=1S/C10H12N4O3/c11-9(15)6-17-8-3-1-7(2-4-8)5-13-14-10(12)16/h1-5H,6H2,(H2,11,15)(H3,12,14,16)/b13-5-. The normalized spacial score (nSPS) is 10.1. The third-order valence-corrected chi connectivity index (χ3v) is 1.65. The fourth-order valence-corrected chi connectivity index (χ4v) is 0.975. The Bertz CT molecular complexity index is 428. The Balaban J connectivity index is 2.52. The molecule has 1 rings (SSSR count). The molecule has 0 bridgehead atoms. The van der Waals surface area contributed by atoms with Gasteiger partial charge in [-0.3, -0.25) is 4.79 Å². The number of carbonyl (C=O) groups excluding carboxylic acids is 2. The summed E-state index contributed by atoms with van der Waals surface area (Å²) < 4.78 is 5.06. The second-order valence-electron chi connectivity index (χ2n) is 3.06. The molecule has 3 amide bonds. The highest BCUT2D eigenvalue weighted by Gasteiger charge is 1.97. The molecule has 1 aromatic carbocycles. The summed E-state index contributed by atoms with van der Waals surface area (Å²) in [5, 5.41) is 3.58. The lowest BCUT2D eigenvalue weighted by molar-refractivity contribution is -0.119. The first-order valence-electron chi connectivity index (χ1n) is 4.67. The van der Waals surface area contributed by atoms with E-state index in [2.05, 4.69) is 10.5 Å². The zero-order valence-corrected chi connectivity index (χ0v) is 8.92.